The van der Waals surface area contributed by atoms with Gasteiger partial charge in [-0.1, -0.05) is 43.4 Å². The lowest BCUT2D eigenvalue weighted by Crippen LogP contribution is -1.95. The lowest BCUT2D eigenvalue weighted by Gasteiger charge is -2.01. The number of aromatic amines is 1. The fourth-order valence-corrected chi connectivity index (χ4v) is 2.51. The molecule has 2 aromatic heterocycles. The van der Waals surface area contributed by atoms with Crippen LogP contribution in [0.2, 0.25) is 0 Å². The van der Waals surface area contributed by atoms with Gasteiger partial charge in [0.1, 0.15) is 4.64 Å². The summed E-state index contributed by atoms with van der Waals surface area (Å²) in [6.45, 7) is 4.19. The van der Waals surface area contributed by atoms with Gasteiger partial charge in [-0.2, -0.15) is 0 Å². The minimum atomic E-state index is 0.765. The van der Waals surface area contributed by atoms with E-state index in [1.807, 2.05) is 22.7 Å². The molecule has 0 aliphatic carbocycles. The molecule has 3 aromatic rings. The van der Waals surface area contributed by atoms with Crippen LogP contribution >= 0.6 is 12.2 Å². The van der Waals surface area contributed by atoms with Gasteiger partial charge in [0.15, 0.2) is 5.65 Å². The Morgan fingerprint density at radius 2 is 2.05 bits per heavy atom. The van der Waals surface area contributed by atoms with Crippen LogP contribution in [0.5, 0.6) is 0 Å². The van der Waals surface area contributed by atoms with Gasteiger partial charge in [-0.05, 0) is 25.0 Å². The fraction of sp³-hybridized carbons (Fsp3) is 0.200. The van der Waals surface area contributed by atoms with E-state index >= 15 is 0 Å². The summed E-state index contributed by atoms with van der Waals surface area (Å²) in [5, 5.41) is 3.32. The first-order chi connectivity index (χ1) is 9.19. The fourth-order valence-electron chi connectivity index (χ4n) is 2.23. The van der Waals surface area contributed by atoms with E-state index in [1.54, 1.807) is 0 Å². The van der Waals surface area contributed by atoms with Crippen molar-refractivity contribution in [3.05, 3.63) is 52.3 Å². The summed E-state index contributed by atoms with van der Waals surface area (Å²) in [5.41, 5.74) is 5.37. The molecule has 0 aliphatic heterocycles. The van der Waals surface area contributed by atoms with Crippen LogP contribution in [-0.4, -0.2) is 14.6 Å². The average Bonchev–Trinajstić information content (AvgIpc) is 2.83. The number of fused-ring (bicyclic) bond motifs is 1. The highest BCUT2D eigenvalue weighted by Crippen LogP contribution is 2.22. The van der Waals surface area contributed by atoms with Crippen LogP contribution in [0.4, 0.5) is 0 Å². The highest BCUT2D eigenvalue weighted by Gasteiger charge is 2.07. The number of hydrogen-bond acceptors (Lipinski definition) is 2. The third kappa shape index (κ3) is 2.08. The second-order valence-corrected chi connectivity index (χ2v) is 5.04. The third-order valence-electron chi connectivity index (χ3n) is 3.30. The van der Waals surface area contributed by atoms with Gasteiger partial charge in [0, 0.05) is 17.3 Å². The monoisotopic (exact) mass is 269 g/mol. The highest BCUT2D eigenvalue weighted by atomic mass is 32.1. The van der Waals surface area contributed by atoms with Gasteiger partial charge in [0.25, 0.3) is 0 Å². The van der Waals surface area contributed by atoms with Crippen molar-refractivity contribution in [1.29, 1.82) is 0 Å². The highest BCUT2D eigenvalue weighted by molar-refractivity contribution is 7.71. The molecule has 0 amide bonds. The van der Waals surface area contributed by atoms with E-state index in [1.165, 1.54) is 11.1 Å². The van der Waals surface area contributed by atoms with E-state index in [0.29, 0.717) is 0 Å². The van der Waals surface area contributed by atoms with Crippen molar-refractivity contribution in [2.24, 2.45) is 0 Å². The smallest absolute Gasteiger partial charge is 0.155 e. The number of nitrogens with one attached hydrogen (secondary N) is 1. The first kappa shape index (κ1) is 12.1. The average molecular weight is 269 g/mol. The number of rotatable bonds is 2. The molecule has 1 N–H and O–H groups in total. The van der Waals surface area contributed by atoms with Gasteiger partial charge >= 0.3 is 0 Å². The van der Waals surface area contributed by atoms with E-state index in [0.717, 1.165) is 28.1 Å². The molecule has 3 rings (SSSR count). The quantitative estimate of drug-likeness (QED) is 0.715. The van der Waals surface area contributed by atoms with Crippen LogP contribution < -0.4 is 0 Å². The van der Waals surface area contributed by atoms with E-state index in [4.69, 9.17) is 12.2 Å². The lowest BCUT2D eigenvalue weighted by atomic mass is 10.1. The Morgan fingerprint density at radius 1 is 1.26 bits per heavy atom. The molecular weight excluding hydrogens is 254 g/mol. The summed E-state index contributed by atoms with van der Waals surface area (Å²) in [6.07, 6.45) is 0.894. The zero-order valence-electron chi connectivity index (χ0n) is 11.0. The summed E-state index contributed by atoms with van der Waals surface area (Å²) in [7, 11) is 0. The maximum absolute atomic E-state index is 5.40. The molecule has 0 fully saturated rings. The summed E-state index contributed by atoms with van der Waals surface area (Å²) in [6, 6.07) is 12.3. The van der Waals surface area contributed by atoms with Crippen molar-refractivity contribution in [2.75, 3.05) is 0 Å². The topological polar surface area (TPSA) is 33.1 Å². The van der Waals surface area contributed by atoms with Crippen molar-refractivity contribution >= 4 is 17.9 Å². The standard InChI is InChI=1S/C15H15N3S/c1-3-11-8-15(19)18-14(16-11)9-13(17-18)12-7-5-4-6-10(12)2/h4-9,17H,3H2,1-2H3. The summed E-state index contributed by atoms with van der Waals surface area (Å²) in [5.74, 6) is 0. The number of aryl methyl sites for hydroxylation is 2. The summed E-state index contributed by atoms with van der Waals surface area (Å²) >= 11 is 5.40. The van der Waals surface area contributed by atoms with Crippen molar-refractivity contribution in [1.82, 2.24) is 14.6 Å². The van der Waals surface area contributed by atoms with Crippen LogP contribution in [0, 0.1) is 11.6 Å². The second kappa shape index (κ2) is 4.63. The first-order valence-corrected chi connectivity index (χ1v) is 6.77. The normalized spacial score (nSPS) is 11.1. The summed E-state index contributed by atoms with van der Waals surface area (Å²) in [4.78, 5) is 4.60. The Kier molecular flexibility index (Phi) is 2.95. The molecule has 0 radical (unpaired) electrons. The maximum atomic E-state index is 5.40. The molecule has 0 spiro atoms. The van der Waals surface area contributed by atoms with E-state index in [9.17, 15) is 0 Å². The molecule has 3 nitrogen and oxygen atoms in total. The molecule has 19 heavy (non-hydrogen) atoms. The Hall–Kier alpha value is -1.94. The first-order valence-electron chi connectivity index (χ1n) is 6.36. The van der Waals surface area contributed by atoms with E-state index in [2.05, 4.69) is 42.1 Å². The van der Waals surface area contributed by atoms with Crippen molar-refractivity contribution in [2.45, 2.75) is 20.3 Å². The van der Waals surface area contributed by atoms with Gasteiger partial charge in [-0.3, -0.25) is 5.10 Å². The molecule has 1 aromatic carbocycles. The molecule has 0 saturated carbocycles. The summed E-state index contributed by atoms with van der Waals surface area (Å²) < 4.78 is 2.62. The van der Waals surface area contributed by atoms with Gasteiger partial charge in [-0.15, -0.1) is 0 Å². The molecular formula is C15H15N3S. The minimum absolute atomic E-state index is 0.765. The number of hydrogen-bond donors (Lipinski definition) is 1. The lowest BCUT2D eigenvalue weighted by molar-refractivity contribution is 0.901. The Bertz CT molecular complexity index is 799. The van der Waals surface area contributed by atoms with Crippen molar-refractivity contribution in [3.63, 3.8) is 0 Å². The number of benzene rings is 1. The Balaban J connectivity index is 2.25. The molecule has 0 atom stereocenters. The Labute approximate surface area is 116 Å². The zero-order valence-corrected chi connectivity index (χ0v) is 11.8. The zero-order chi connectivity index (χ0) is 13.4. The molecule has 0 bridgehead atoms. The SMILES string of the molecule is CCc1cc(=S)n2[nH]c(-c3ccccc3C)cc2n1. The van der Waals surface area contributed by atoms with E-state index < -0.39 is 0 Å². The predicted octanol–water partition coefficient (Wildman–Crippen LogP) is 3.93. The molecule has 0 unspecified atom stereocenters. The van der Waals surface area contributed by atoms with Crippen LogP contribution in [-0.2, 0) is 6.42 Å². The number of nitrogens with zero attached hydrogens (tertiary/aromatic N) is 2. The van der Waals surface area contributed by atoms with Gasteiger partial charge in [0.2, 0.25) is 0 Å². The van der Waals surface area contributed by atoms with Crippen LogP contribution in [0.1, 0.15) is 18.2 Å². The van der Waals surface area contributed by atoms with E-state index in [-0.39, 0.29) is 0 Å². The maximum Gasteiger partial charge on any atom is 0.155 e. The van der Waals surface area contributed by atoms with Crippen molar-refractivity contribution in [3.8, 4) is 11.3 Å². The van der Waals surface area contributed by atoms with Gasteiger partial charge < -0.3 is 0 Å². The molecule has 4 heteroatoms. The van der Waals surface area contributed by atoms with Gasteiger partial charge in [0.05, 0.1) is 5.69 Å². The second-order valence-electron chi connectivity index (χ2n) is 4.62. The molecule has 0 saturated heterocycles. The molecule has 0 aliphatic rings. The van der Waals surface area contributed by atoms with Crippen LogP contribution in [0.25, 0.3) is 16.9 Å². The number of aromatic nitrogens is 3. The molecule has 96 valence electrons. The molecule has 2 heterocycles. The van der Waals surface area contributed by atoms with Gasteiger partial charge in [-0.25, -0.2) is 9.50 Å². The number of H-pyrrole nitrogens is 1. The minimum Gasteiger partial charge on any atom is -0.291 e. The third-order valence-corrected chi connectivity index (χ3v) is 3.60. The van der Waals surface area contributed by atoms with Crippen molar-refractivity contribution < 1.29 is 0 Å². The van der Waals surface area contributed by atoms with Crippen LogP contribution in [0.15, 0.2) is 36.4 Å². The predicted molar refractivity (Wildman–Crippen MR) is 79.9 cm³/mol. The van der Waals surface area contributed by atoms with Crippen LogP contribution in [0.3, 0.4) is 0 Å². The Morgan fingerprint density at radius 3 is 2.79 bits per heavy atom. The largest absolute Gasteiger partial charge is 0.291 e.